The predicted molar refractivity (Wildman–Crippen MR) is 97.0 cm³/mol. The number of nitrogens with two attached hydrogens (primary N) is 1. The highest BCUT2D eigenvalue weighted by molar-refractivity contribution is 6.42. The summed E-state index contributed by atoms with van der Waals surface area (Å²) in [6.45, 7) is 4.81. The first-order valence-electron chi connectivity index (χ1n) is 8.18. The summed E-state index contributed by atoms with van der Waals surface area (Å²) in [7, 11) is 0. The number of nitrogens with zero attached hydrogens (tertiary/aromatic N) is 1. The first kappa shape index (κ1) is 18.3. The minimum Gasteiger partial charge on any atom is -0.456 e. The van der Waals surface area contributed by atoms with Gasteiger partial charge >= 0.3 is 0 Å². The Balaban J connectivity index is 1.73. The fourth-order valence-electron chi connectivity index (χ4n) is 3.02. The molecule has 0 radical (unpaired) electrons. The maximum atomic E-state index is 11.3. The highest BCUT2D eigenvalue weighted by Gasteiger charge is 2.24. The number of hydrogen-bond donors (Lipinski definition) is 1. The van der Waals surface area contributed by atoms with E-state index in [1.54, 1.807) is 12.1 Å². The van der Waals surface area contributed by atoms with Crippen LogP contribution in [0.25, 0.3) is 0 Å². The van der Waals surface area contributed by atoms with Crippen molar-refractivity contribution in [1.82, 2.24) is 4.90 Å². The summed E-state index contributed by atoms with van der Waals surface area (Å²) in [5.41, 5.74) is 7.31. The molecule has 1 aromatic heterocycles. The zero-order valence-corrected chi connectivity index (χ0v) is 15.4. The van der Waals surface area contributed by atoms with Crippen molar-refractivity contribution in [2.24, 2.45) is 5.73 Å². The van der Waals surface area contributed by atoms with Gasteiger partial charge in [-0.25, -0.2) is 0 Å². The van der Waals surface area contributed by atoms with Crippen LogP contribution in [-0.2, 0) is 17.7 Å². The van der Waals surface area contributed by atoms with Gasteiger partial charge in [-0.2, -0.15) is 0 Å². The molecule has 1 aromatic carbocycles. The molecular formula is C18H20Cl2N2O3. The summed E-state index contributed by atoms with van der Waals surface area (Å²) in [5.74, 6) is 0.462. The van der Waals surface area contributed by atoms with Gasteiger partial charge < -0.3 is 14.9 Å². The number of morpholine rings is 1. The van der Waals surface area contributed by atoms with Crippen LogP contribution in [0.15, 0.2) is 28.7 Å². The van der Waals surface area contributed by atoms with Crippen LogP contribution in [0, 0.1) is 0 Å². The van der Waals surface area contributed by atoms with Gasteiger partial charge in [0.2, 0.25) is 0 Å². The lowest BCUT2D eigenvalue weighted by Crippen LogP contribution is -2.37. The smallest absolute Gasteiger partial charge is 0.284 e. The molecule has 2 heterocycles. The van der Waals surface area contributed by atoms with Gasteiger partial charge in [-0.3, -0.25) is 9.69 Å². The van der Waals surface area contributed by atoms with Crippen LogP contribution in [0.2, 0.25) is 10.0 Å². The predicted octanol–water partition coefficient (Wildman–Crippen LogP) is 3.82. The molecule has 2 N–H and O–H groups in total. The van der Waals surface area contributed by atoms with Crippen molar-refractivity contribution in [3.63, 3.8) is 0 Å². The largest absolute Gasteiger partial charge is 0.456 e. The third-order valence-electron chi connectivity index (χ3n) is 4.32. The highest BCUT2D eigenvalue weighted by Crippen LogP contribution is 2.30. The summed E-state index contributed by atoms with van der Waals surface area (Å²) >= 11 is 12.1. The van der Waals surface area contributed by atoms with Crippen LogP contribution >= 0.6 is 23.2 Å². The molecule has 5 nitrogen and oxygen atoms in total. The second-order valence-electron chi connectivity index (χ2n) is 6.04. The normalized spacial score (nSPS) is 18.4. The number of carbonyl (C=O) groups is 1. The van der Waals surface area contributed by atoms with Gasteiger partial charge in [0, 0.05) is 31.6 Å². The molecule has 0 unspecified atom stereocenters. The number of halogens is 2. The average Bonchev–Trinajstić information content (AvgIpc) is 3.01. The minimum absolute atomic E-state index is 0.0731. The van der Waals surface area contributed by atoms with E-state index in [1.165, 1.54) is 0 Å². The summed E-state index contributed by atoms with van der Waals surface area (Å²) in [6.07, 6.45) is 0.638. The number of benzene rings is 1. The zero-order chi connectivity index (χ0) is 18.0. The Morgan fingerprint density at radius 1 is 1.32 bits per heavy atom. The van der Waals surface area contributed by atoms with E-state index in [-0.39, 0.29) is 11.9 Å². The van der Waals surface area contributed by atoms with Crippen molar-refractivity contribution in [2.75, 3.05) is 19.7 Å². The fourth-order valence-corrected chi connectivity index (χ4v) is 3.33. The lowest BCUT2D eigenvalue weighted by molar-refractivity contribution is -0.0330. The molecule has 0 spiro atoms. The second-order valence-corrected chi connectivity index (χ2v) is 6.86. The third-order valence-corrected chi connectivity index (χ3v) is 5.06. The Labute approximate surface area is 156 Å². The Bertz CT molecular complexity index is 776. The van der Waals surface area contributed by atoms with E-state index in [2.05, 4.69) is 4.90 Å². The molecule has 134 valence electrons. The van der Waals surface area contributed by atoms with Gasteiger partial charge in [0.1, 0.15) is 5.76 Å². The molecule has 1 amide bonds. The number of rotatable bonds is 5. The monoisotopic (exact) mass is 382 g/mol. The van der Waals surface area contributed by atoms with Gasteiger partial charge in [-0.1, -0.05) is 36.2 Å². The third kappa shape index (κ3) is 4.18. The van der Waals surface area contributed by atoms with Crippen molar-refractivity contribution in [2.45, 2.75) is 26.0 Å². The Morgan fingerprint density at radius 2 is 2.12 bits per heavy atom. The van der Waals surface area contributed by atoms with Crippen molar-refractivity contribution < 1.29 is 13.9 Å². The van der Waals surface area contributed by atoms with Crippen molar-refractivity contribution in [3.05, 3.63) is 57.0 Å². The molecule has 0 aliphatic carbocycles. The number of amides is 1. The van der Waals surface area contributed by atoms with E-state index in [1.807, 2.05) is 19.1 Å². The number of furan rings is 1. The van der Waals surface area contributed by atoms with Crippen molar-refractivity contribution in [1.29, 1.82) is 0 Å². The summed E-state index contributed by atoms with van der Waals surface area (Å²) in [4.78, 5) is 13.6. The van der Waals surface area contributed by atoms with E-state index in [4.69, 9.17) is 38.1 Å². The summed E-state index contributed by atoms with van der Waals surface area (Å²) in [5, 5.41) is 1.05. The molecule has 1 atom stereocenters. The lowest BCUT2D eigenvalue weighted by Gasteiger charge is -2.33. The average molecular weight is 383 g/mol. The van der Waals surface area contributed by atoms with E-state index >= 15 is 0 Å². The standard InChI is InChI=1S/C18H20Cl2N2O3/c1-2-15-12(8-16(25-15)18(21)23)9-22-5-6-24-17(10-22)11-3-4-13(19)14(20)7-11/h3-4,7-8,17H,2,5-6,9-10H2,1H3,(H2,21,23)/t17-/m0/s1. The highest BCUT2D eigenvalue weighted by atomic mass is 35.5. The van der Waals surface area contributed by atoms with Crippen molar-refractivity contribution in [3.8, 4) is 0 Å². The second kappa shape index (κ2) is 7.79. The van der Waals surface area contributed by atoms with Crippen LogP contribution in [-0.4, -0.2) is 30.5 Å². The topological polar surface area (TPSA) is 68.7 Å². The Kier molecular flexibility index (Phi) is 5.69. The van der Waals surface area contributed by atoms with Gasteiger partial charge in [0.15, 0.2) is 5.76 Å². The molecule has 1 aliphatic rings. The van der Waals surface area contributed by atoms with Crippen LogP contribution in [0.1, 0.15) is 40.5 Å². The summed E-state index contributed by atoms with van der Waals surface area (Å²) in [6, 6.07) is 7.30. The van der Waals surface area contributed by atoms with Gasteiger partial charge in [0.25, 0.3) is 5.91 Å². The summed E-state index contributed by atoms with van der Waals surface area (Å²) < 4.78 is 11.4. The van der Waals surface area contributed by atoms with Crippen LogP contribution in [0.5, 0.6) is 0 Å². The van der Waals surface area contributed by atoms with Crippen LogP contribution in [0.4, 0.5) is 0 Å². The van der Waals surface area contributed by atoms with Crippen LogP contribution < -0.4 is 5.73 Å². The lowest BCUT2D eigenvalue weighted by atomic mass is 10.1. The minimum atomic E-state index is -0.545. The van der Waals surface area contributed by atoms with Crippen LogP contribution in [0.3, 0.4) is 0 Å². The van der Waals surface area contributed by atoms with Gasteiger partial charge in [-0.05, 0) is 23.8 Å². The maximum Gasteiger partial charge on any atom is 0.284 e. The molecular weight excluding hydrogens is 363 g/mol. The number of carbonyl (C=O) groups excluding carboxylic acids is 1. The molecule has 0 saturated carbocycles. The van der Waals surface area contributed by atoms with E-state index in [0.29, 0.717) is 29.6 Å². The molecule has 7 heteroatoms. The SMILES string of the molecule is CCc1oc(C(N)=O)cc1CN1CCO[C@H](c2ccc(Cl)c(Cl)c2)C1. The molecule has 1 saturated heterocycles. The van der Waals surface area contributed by atoms with E-state index in [9.17, 15) is 4.79 Å². The molecule has 0 bridgehead atoms. The van der Waals surface area contributed by atoms with Gasteiger partial charge in [-0.15, -0.1) is 0 Å². The van der Waals surface area contributed by atoms with Gasteiger partial charge in [0.05, 0.1) is 22.8 Å². The number of primary amides is 1. The molecule has 1 aliphatic heterocycles. The molecule has 1 fully saturated rings. The maximum absolute atomic E-state index is 11.3. The van der Waals surface area contributed by atoms with Crippen molar-refractivity contribution >= 4 is 29.1 Å². The van der Waals surface area contributed by atoms with E-state index < -0.39 is 5.91 Å². The fraction of sp³-hybridized carbons (Fsp3) is 0.389. The first-order valence-corrected chi connectivity index (χ1v) is 8.93. The Morgan fingerprint density at radius 3 is 2.80 bits per heavy atom. The Hall–Kier alpha value is -1.53. The first-order chi connectivity index (χ1) is 12.0. The quantitative estimate of drug-likeness (QED) is 0.852. The number of ether oxygens (including phenoxy) is 1. The molecule has 2 aromatic rings. The number of hydrogen-bond acceptors (Lipinski definition) is 4. The zero-order valence-electron chi connectivity index (χ0n) is 13.9. The molecule has 25 heavy (non-hydrogen) atoms. The molecule has 3 rings (SSSR count). The number of aryl methyl sites for hydroxylation is 1. The van der Waals surface area contributed by atoms with E-state index in [0.717, 1.165) is 30.0 Å².